The summed E-state index contributed by atoms with van der Waals surface area (Å²) in [5.74, 6) is -2.76. The second kappa shape index (κ2) is 10.3. The van der Waals surface area contributed by atoms with Gasteiger partial charge >= 0.3 is 12.1 Å². The fourth-order valence-corrected chi connectivity index (χ4v) is 4.94. The van der Waals surface area contributed by atoms with E-state index < -0.39 is 12.1 Å². The molecule has 0 amide bonds. The van der Waals surface area contributed by atoms with Crippen molar-refractivity contribution in [2.24, 2.45) is 0 Å². The molecule has 0 fully saturated rings. The molecule has 198 valence electrons. The van der Waals surface area contributed by atoms with E-state index in [1.54, 1.807) is 0 Å². The molecule has 0 saturated carbocycles. The average Bonchev–Trinajstić information content (AvgIpc) is 3.48. The number of rotatable bonds is 3. The fourth-order valence-electron chi connectivity index (χ4n) is 4.94. The molecule has 8 nitrogen and oxygen atoms in total. The van der Waals surface area contributed by atoms with Gasteiger partial charge in [-0.3, -0.25) is 0 Å². The third kappa shape index (κ3) is 5.28. The highest BCUT2D eigenvalue weighted by atomic mass is 19.4. The van der Waals surface area contributed by atoms with Crippen molar-refractivity contribution in [1.82, 2.24) is 25.3 Å². The Morgan fingerprint density at radius 3 is 2.74 bits per heavy atom. The van der Waals surface area contributed by atoms with Gasteiger partial charge in [-0.25, -0.2) is 9.48 Å². The highest BCUT2D eigenvalue weighted by molar-refractivity contribution is 5.83. The molecule has 0 saturated heterocycles. The molecule has 38 heavy (non-hydrogen) atoms. The van der Waals surface area contributed by atoms with Gasteiger partial charge in [-0.1, -0.05) is 29.5 Å². The summed E-state index contributed by atoms with van der Waals surface area (Å²) < 4.78 is 33.8. The third-order valence-corrected chi connectivity index (χ3v) is 6.79. The van der Waals surface area contributed by atoms with E-state index >= 15 is 0 Å². The molecule has 2 aliphatic rings. The van der Waals surface area contributed by atoms with Gasteiger partial charge < -0.3 is 20.7 Å². The maximum absolute atomic E-state index is 10.6. The minimum Gasteiger partial charge on any atom is -0.475 e. The standard InChI is InChI=1S/C25H26N6.C2HF3O2/c1-16-25-21-5-3-19(17-6-10-26-11-7-17)14-22(21)23(9-13-31(25)30-29-16)28-20-4-2-18-8-12-27-24(18)15-20;3-2(4,5)1(6)7/h2-6,8,12,14-15,23,26-28H,7,9-11,13H2,1H3;(H,6,7). The topological polar surface area (TPSA) is 108 Å². The molecule has 0 spiro atoms. The molecule has 1 unspecified atom stereocenters. The summed E-state index contributed by atoms with van der Waals surface area (Å²) in [6, 6.07) is 15.8. The minimum absolute atomic E-state index is 0.200. The largest absolute Gasteiger partial charge is 0.490 e. The summed E-state index contributed by atoms with van der Waals surface area (Å²) in [5.41, 5.74) is 9.73. The van der Waals surface area contributed by atoms with Gasteiger partial charge in [0.1, 0.15) is 0 Å². The molecule has 1 atom stereocenters. The average molecular weight is 525 g/mol. The molecule has 2 aromatic heterocycles. The summed E-state index contributed by atoms with van der Waals surface area (Å²) in [5, 5.41) is 24.4. The highest BCUT2D eigenvalue weighted by Crippen LogP contribution is 2.39. The van der Waals surface area contributed by atoms with E-state index in [0.29, 0.717) is 0 Å². The van der Waals surface area contributed by atoms with Crippen LogP contribution in [0.25, 0.3) is 27.7 Å². The zero-order valence-corrected chi connectivity index (χ0v) is 20.6. The van der Waals surface area contributed by atoms with E-state index in [1.165, 1.54) is 27.6 Å². The van der Waals surface area contributed by atoms with Crippen LogP contribution in [0.5, 0.6) is 0 Å². The van der Waals surface area contributed by atoms with Crippen molar-refractivity contribution in [3.63, 3.8) is 0 Å². The number of halogens is 3. The number of benzene rings is 2. The number of nitrogens with zero attached hydrogens (tertiary/aromatic N) is 3. The first-order valence-electron chi connectivity index (χ1n) is 12.3. The first-order valence-corrected chi connectivity index (χ1v) is 12.3. The van der Waals surface area contributed by atoms with Crippen molar-refractivity contribution >= 4 is 28.1 Å². The van der Waals surface area contributed by atoms with Crippen LogP contribution < -0.4 is 10.6 Å². The normalized spacial score (nSPS) is 16.9. The number of fused-ring (bicyclic) bond motifs is 4. The van der Waals surface area contributed by atoms with Crippen molar-refractivity contribution in [2.45, 2.75) is 38.5 Å². The van der Waals surface area contributed by atoms with Gasteiger partial charge in [-0.2, -0.15) is 13.2 Å². The van der Waals surface area contributed by atoms with Gasteiger partial charge in [0.15, 0.2) is 0 Å². The van der Waals surface area contributed by atoms with E-state index in [-0.39, 0.29) is 6.04 Å². The second-order valence-corrected chi connectivity index (χ2v) is 9.30. The molecular weight excluding hydrogens is 497 g/mol. The van der Waals surface area contributed by atoms with Crippen molar-refractivity contribution in [3.05, 3.63) is 71.6 Å². The quantitative estimate of drug-likeness (QED) is 0.290. The van der Waals surface area contributed by atoms with Crippen LogP contribution in [0, 0.1) is 6.92 Å². The molecule has 2 aromatic carbocycles. The number of anilines is 1. The lowest BCUT2D eigenvalue weighted by molar-refractivity contribution is -0.192. The van der Waals surface area contributed by atoms with E-state index in [2.05, 4.69) is 86.1 Å². The number of aliphatic carboxylic acids is 1. The van der Waals surface area contributed by atoms with Gasteiger partial charge in [0, 0.05) is 36.1 Å². The number of hydrogen-bond donors (Lipinski definition) is 4. The van der Waals surface area contributed by atoms with Crippen LogP contribution in [0.2, 0.25) is 0 Å². The summed E-state index contributed by atoms with van der Waals surface area (Å²) in [7, 11) is 0. The number of carbonyl (C=O) groups is 1. The lowest BCUT2D eigenvalue weighted by Crippen LogP contribution is -2.21. The summed E-state index contributed by atoms with van der Waals surface area (Å²) >= 11 is 0. The van der Waals surface area contributed by atoms with Crippen LogP contribution in [-0.2, 0) is 11.3 Å². The zero-order valence-electron chi connectivity index (χ0n) is 20.6. The summed E-state index contributed by atoms with van der Waals surface area (Å²) in [6.45, 7) is 4.88. The zero-order chi connectivity index (χ0) is 26.9. The number of aromatic nitrogens is 4. The molecule has 4 heterocycles. The maximum atomic E-state index is 10.6. The van der Waals surface area contributed by atoms with Crippen LogP contribution in [0.1, 0.15) is 35.7 Å². The van der Waals surface area contributed by atoms with Crippen LogP contribution in [0.4, 0.5) is 18.9 Å². The van der Waals surface area contributed by atoms with Crippen molar-refractivity contribution in [1.29, 1.82) is 0 Å². The number of H-pyrrole nitrogens is 1. The number of carboxylic acid groups (broad SMARTS) is 1. The Labute approximate surface area is 216 Å². The van der Waals surface area contributed by atoms with Crippen molar-refractivity contribution in [3.8, 4) is 11.3 Å². The molecule has 0 bridgehead atoms. The molecule has 2 aliphatic heterocycles. The van der Waals surface area contributed by atoms with Crippen LogP contribution in [0.15, 0.2) is 54.7 Å². The number of hydrogen-bond acceptors (Lipinski definition) is 5. The summed E-state index contributed by atoms with van der Waals surface area (Å²) in [4.78, 5) is 12.2. The van der Waals surface area contributed by atoms with Gasteiger partial charge in [-0.05, 0) is 72.7 Å². The Balaban J connectivity index is 0.000000374. The van der Waals surface area contributed by atoms with Crippen molar-refractivity contribution in [2.75, 3.05) is 18.4 Å². The minimum atomic E-state index is -5.08. The number of aryl methyl sites for hydroxylation is 2. The Morgan fingerprint density at radius 2 is 2.00 bits per heavy atom. The monoisotopic (exact) mass is 524 g/mol. The van der Waals surface area contributed by atoms with E-state index in [0.717, 1.165) is 55.1 Å². The number of alkyl halides is 3. The highest BCUT2D eigenvalue weighted by Gasteiger charge is 2.38. The Morgan fingerprint density at radius 1 is 1.18 bits per heavy atom. The second-order valence-electron chi connectivity index (χ2n) is 9.30. The molecule has 4 N–H and O–H groups in total. The lowest BCUT2D eigenvalue weighted by Gasteiger charge is -2.22. The first kappa shape index (κ1) is 25.5. The molecule has 6 rings (SSSR count). The van der Waals surface area contributed by atoms with Gasteiger partial charge in [0.25, 0.3) is 0 Å². The predicted octanol–water partition coefficient (Wildman–Crippen LogP) is 5.30. The Bertz CT molecular complexity index is 1500. The van der Waals surface area contributed by atoms with Gasteiger partial charge in [0.05, 0.1) is 17.4 Å². The molecule has 0 aliphatic carbocycles. The van der Waals surface area contributed by atoms with E-state index in [9.17, 15) is 13.2 Å². The number of aromatic amines is 1. The van der Waals surface area contributed by atoms with Crippen LogP contribution >= 0.6 is 0 Å². The maximum Gasteiger partial charge on any atom is 0.490 e. The van der Waals surface area contributed by atoms with Crippen LogP contribution in [-0.4, -0.2) is 50.3 Å². The summed E-state index contributed by atoms with van der Waals surface area (Å²) in [6.07, 6.45) is 1.25. The molecule has 0 radical (unpaired) electrons. The van der Waals surface area contributed by atoms with Gasteiger partial charge in [0.2, 0.25) is 0 Å². The lowest BCUT2D eigenvalue weighted by atomic mass is 9.90. The number of nitrogens with one attached hydrogen (secondary N) is 3. The SMILES string of the molecule is Cc1nnn2c1-c1ccc(C3=CCNCC3)cc1C(Nc1ccc3cc[nH]c3c1)CC2.O=C(O)C(F)(F)F. The third-order valence-electron chi connectivity index (χ3n) is 6.79. The molecular formula is C27H27F3N6O2. The number of carboxylic acids is 1. The first-order chi connectivity index (χ1) is 18.2. The Hall–Kier alpha value is -4.12. The smallest absolute Gasteiger partial charge is 0.475 e. The van der Waals surface area contributed by atoms with Gasteiger partial charge in [-0.15, -0.1) is 5.10 Å². The predicted molar refractivity (Wildman–Crippen MR) is 139 cm³/mol. The van der Waals surface area contributed by atoms with Crippen molar-refractivity contribution < 1.29 is 23.1 Å². The molecule has 11 heteroatoms. The fraction of sp³-hybridized carbons (Fsp3) is 0.296. The van der Waals surface area contributed by atoms with Crippen LogP contribution in [0.3, 0.4) is 0 Å². The van der Waals surface area contributed by atoms with E-state index in [1.807, 2.05) is 6.20 Å². The molecule has 4 aromatic rings. The Kier molecular flexibility index (Phi) is 6.94. The van der Waals surface area contributed by atoms with E-state index in [4.69, 9.17) is 9.90 Å².